The molecule has 0 saturated heterocycles. The summed E-state index contributed by atoms with van der Waals surface area (Å²) in [5.41, 5.74) is -27.9. The Labute approximate surface area is 484 Å². The highest BCUT2D eigenvalue weighted by Crippen LogP contribution is 2.42. The minimum Gasteiger partial charge on any atom is -0.456 e. The molecule has 10 rings (SSSR count). The number of fused-ring (bicyclic) bond motifs is 4. The minimum atomic E-state index is -6.13. The highest BCUT2D eigenvalue weighted by atomic mass is 127. The zero-order valence-corrected chi connectivity index (χ0v) is 44.8. The molecule has 0 saturated carbocycles. The lowest BCUT2D eigenvalue weighted by atomic mass is 9.12. The van der Waals surface area contributed by atoms with Crippen LogP contribution in [0.1, 0.15) is 44.5 Å². The summed E-state index contributed by atoms with van der Waals surface area (Å²) < 4.78 is 355. The average Bonchev–Trinajstić information content (AvgIpc) is 0.864. The Morgan fingerprint density at radius 1 is 0.261 bits per heavy atom. The van der Waals surface area contributed by atoms with Crippen LogP contribution >= 0.6 is 0 Å². The van der Waals surface area contributed by atoms with E-state index in [0.717, 1.165) is 7.14 Å². The van der Waals surface area contributed by atoms with Gasteiger partial charge in [0.25, 0.3) is 0 Å². The first-order chi connectivity index (χ1) is 40.4. The van der Waals surface area contributed by atoms with Crippen molar-refractivity contribution in [2.75, 3.05) is 0 Å². The van der Waals surface area contributed by atoms with Gasteiger partial charge in [-0.15, -0.1) is 0 Å². The molecule has 0 unspecified atom stereocenters. The van der Waals surface area contributed by atoms with Crippen molar-refractivity contribution in [2.24, 2.45) is 0 Å². The van der Waals surface area contributed by atoms with Crippen molar-refractivity contribution >= 4 is 71.9 Å². The fraction of sp³-hybridized carbons (Fsp3) is 0.138. The van der Waals surface area contributed by atoms with Crippen LogP contribution in [0.4, 0.5) is 105 Å². The number of hydrogen-bond acceptors (Lipinski definition) is 4. The predicted molar refractivity (Wildman–Crippen MR) is 267 cm³/mol. The molecule has 88 heavy (non-hydrogen) atoms. The van der Waals surface area contributed by atoms with Gasteiger partial charge in [-0.2, -0.15) is 127 Å². The SMILES string of the molecule is FC(F)(F)c1cc([B-](c2cc(C(F)(F)F)cc(C(F)(F)F)c2)(c2cc(C(F)(F)F)cc(C(F)(F)F)c2)c2cc(C(F)(F)F)cc(C(F)(F)F)c2)cc(C(F)(F)F)c1.O=c1c2ccccc2oc2ccc([I+]c3ccc4oc5ccccc5c(=O)c4c3)cc12. The van der Waals surface area contributed by atoms with E-state index in [-0.39, 0.29) is 10.9 Å². The standard InChI is InChI=1S/C32H12BF24.C26H14IO4/c34-25(35,36)13-1-14(26(37,38)39)6-21(5-13)33(22-7-15(27(40,41)42)2-16(8-22)28(43,44)45,23-9-17(29(46,47)48)3-18(10-23)30(49,50)51)24-11-19(31(52,53)54)4-20(12-24)32(55,56)57;28-25-17-5-1-3-7-21(17)30-23-11-9-15(13-19(23)25)27-16-10-12-24-20(14-16)26(29)18-6-2-4-8-22(18)31-24/h1-12H;1-14H/q-1;+1. The van der Waals surface area contributed by atoms with Crippen LogP contribution in [-0.2, 0) is 49.4 Å². The van der Waals surface area contributed by atoms with Crippen LogP contribution in [0.3, 0.4) is 0 Å². The maximum Gasteiger partial charge on any atom is 0.416 e. The molecule has 0 aliphatic heterocycles. The van der Waals surface area contributed by atoms with Gasteiger partial charge in [-0.05, 0) is 72.8 Å². The summed E-state index contributed by atoms with van der Waals surface area (Å²) >= 11 is -0.596. The number of rotatable bonds is 6. The van der Waals surface area contributed by atoms with E-state index >= 15 is 0 Å². The topological polar surface area (TPSA) is 60.4 Å². The van der Waals surface area contributed by atoms with Crippen LogP contribution in [0.5, 0.6) is 0 Å². The first kappa shape index (κ1) is 64.3. The molecular weight excluding hydrogens is 1350 g/mol. The smallest absolute Gasteiger partial charge is 0.416 e. The third kappa shape index (κ3) is 13.0. The van der Waals surface area contributed by atoms with Gasteiger partial charge in [0.05, 0.1) is 66.1 Å². The second-order valence-corrected chi connectivity index (χ2v) is 22.5. The van der Waals surface area contributed by atoms with Crippen molar-refractivity contribution < 1.29 is 135 Å². The maximum atomic E-state index is 14.2. The van der Waals surface area contributed by atoms with Gasteiger partial charge in [-0.3, -0.25) is 9.59 Å². The quantitative estimate of drug-likeness (QED) is 0.0720. The van der Waals surface area contributed by atoms with Gasteiger partial charge in [0.1, 0.15) is 28.5 Å². The number of alkyl halides is 24. The van der Waals surface area contributed by atoms with Crippen LogP contribution in [0.15, 0.2) is 176 Å². The first-order valence-corrected chi connectivity index (χ1v) is 26.5. The Hall–Kier alpha value is -8.19. The van der Waals surface area contributed by atoms with Crippen LogP contribution in [-0.4, -0.2) is 6.15 Å². The molecule has 460 valence electrons. The molecule has 0 atom stereocenters. The monoisotopic (exact) mass is 1380 g/mol. The van der Waals surface area contributed by atoms with Gasteiger partial charge in [0, 0.05) is 12.1 Å². The highest BCUT2D eigenvalue weighted by molar-refractivity contribution is 7.20. The predicted octanol–water partition coefficient (Wildman–Crippen LogP) is 13.5. The molecule has 0 N–H and O–H groups in total. The largest absolute Gasteiger partial charge is 0.456 e. The Bertz CT molecular complexity index is 3920. The summed E-state index contributed by atoms with van der Waals surface area (Å²) in [7, 11) is 0. The minimum absolute atomic E-state index is 0.0201. The molecule has 0 amide bonds. The Kier molecular flexibility index (Phi) is 16.2. The van der Waals surface area contributed by atoms with Gasteiger partial charge >= 0.3 is 70.6 Å². The van der Waals surface area contributed by atoms with Crippen molar-refractivity contribution in [2.45, 2.75) is 49.4 Å². The first-order valence-electron chi connectivity index (χ1n) is 24.4. The molecule has 0 aliphatic carbocycles. The van der Waals surface area contributed by atoms with Crippen LogP contribution in [0, 0.1) is 7.14 Å². The Morgan fingerprint density at radius 2 is 0.477 bits per heavy atom. The van der Waals surface area contributed by atoms with Crippen LogP contribution in [0.2, 0.25) is 0 Å². The Balaban J connectivity index is 0.000000246. The summed E-state index contributed by atoms with van der Waals surface area (Å²) in [5.74, 6) is 0. The number of hydrogen-bond donors (Lipinski definition) is 0. The van der Waals surface area contributed by atoms with E-state index in [1.54, 1.807) is 24.3 Å². The third-order valence-electron chi connectivity index (χ3n) is 13.7. The van der Waals surface area contributed by atoms with Crippen LogP contribution < -0.4 is 53.9 Å². The molecule has 30 heteroatoms. The zero-order chi connectivity index (χ0) is 64.9. The molecule has 0 spiro atoms. The lowest BCUT2D eigenvalue weighted by Gasteiger charge is -2.46. The highest BCUT2D eigenvalue weighted by Gasteiger charge is 2.47. The van der Waals surface area contributed by atoms with Crippen molar-refractivity contribution in [3.63, 3.8) is 0 Å². The van der Waals surface area contributed by atoms with E-state index in [0.29, 0.717) is 43.9 Å². The van der Waals surface area contributed by atoms with Crippen molar-refractivity contribution in [1.29, 1.82) is 0 Å². The van der Waals surface area contributed by atoms with Crippen molar-refractivity contribution in [3.05, 3.63) is 230 Å². The van der Waals surface area contributed by atoms with Gasteiger partial charge < -0.3 is 8.83 Å². The van der Waals surface area contributed by atoms with E-state index in [2.05, 4.69) is 0 Å². The fourth-order valence-electron chi connectivity index (χ4n) is 9.86. The lowest BCUT2D eigenvalue weighted by Crippen LogP contribution is -3.61. The summed E-state index contributed by atoms with van der Waals surface area (Å²) in [4.78, 5) is 25.9. The van der Waals surface area contributed by atoms with E-state index in [1.807, 2.05) is 60.7 Å². The molecule has 0 bridgehead atoms. The maximum absolute atomic E-state index is 14.2. The number of para-hydroxylation sites is 2. The molecule has 8 aromatic carbocycles. The van der Waals surface area contributed by atoms with E-state index < -0.39 is 216 Å². The number of benzene rings is 8. The zero-order valence-electron chi connectivity index (χ0n) is 42.7. The number of halogens is 25. The average molecular weight is 1380 g/mol. The van der Waals surface area contributed by atoms with Gasteiger partial charge in [0.15, 0.2) is 7.14 Å². The molecular formula is C58H26BF24IO4. The summed E-state index contributed by atoms with van der Waals surface area (Å²) in [5, 5.41) is 2.34. The third-order valence-corrected chi connectivity index (χ3v) is 16.3. The van der Waals surface area contributed by atoms with Crippen LogP contribution in [0.25, 0.3) is 43.9 Å². The molecule has 4 nitrogen and oxygen atoms in total. The summed E-state index contributed by atoms with van der Waals surface area (Å²) in [6, 6.07) is 17.3. The molecule has 2 aromatic heterocycles. The second-order valence-electron chi connectivity index (χ2n) is 19.5. The normalized spacial score (nSPS) is 13.4. The molecule has 0 fully saturated rings. The van der Waals surface area contributed by atoms with E-state index in [9.17, 15) is 115 Å². The molecule has 0 aliphatic rings. The van der Waals surface area contributed by atoms with Gasteiger partial charge in [-0.25, -0.2) is 0 Å². The summed E-state index contributed by atoms with van der Waals surface area (Å²) in [6.07, 6.45) is -54.8. The van der Waals surface area contributed by atoms with E-state index in [1.165, 1.54) is 0 Å². The van der Waals surface area contributed by atoms with Crippen molar-refractivity contribution in [3.8, 4) is 0 Å². The second kappa shape index (κ2) is 22.1. The van der Waals surface area contributed by atoms with Crippen molar-refractivity contribution in [1.82, 2.24) is 0 Å². The van der Waals surface area contributed by atoms with Gasteiger partial charge in [0.2, 0.25) is 10.9 Å². The summed E-state index contributed by atoms with van der Waals surface area (Å²) in [6.45, 7) is 0. The lowest BCUT2D eigenvalue weighted by molar-refractivity contribution is -0.597. The molecule has 2 heterocycles. The molecule has 10 aromatic rings. The fourth-order valence-corrected chi connectivity index (χ4v) is 12.2. The van der Waals surface area contributed by atoms with Gasteiger partial charge in [-0.1, -0.05) is 72.8 Å². The van der Waals surface area contributed by atoms with E-state index in [4.69, 9.17) is 8.83 Å². The Morgan fingerprint density at radius 3 is 0.705 bits per heavy atom. The molecule has 0 radical (unpaired) electrons.